The number of methoxy groups -OCH3 is 1. The van der Waals surface area contributed by atoms with Crippen LogP contribution in [-0.4, -0.2) is 55.3 Å². The SMILES string of the molecule is COc1ccnc(C(=O)N[C@H]2COCC(CCCc3ccccc3)CC(C)OC2=O)c1OC(C)=O.Cc1ccccc1. The molecule has 9 heteroatoms. The van der Waals surface area contributed by atoms with Crippen LogP contribution in [0, 0.1) is 12.8 Å². The Balaban J connectivity index is 0.000000603. The van der Waals surface area contributed by atoms with Gasteiger partial charge in [-0.1, -0.05) is 66.2 Å². The number of aromatic nitrogens is 1. The number of pyridine rings is 1. The average molecular weight is 577 g/mol. The molecule has 2 heterocycles. The minimum atomic E-state index is -1.04. The Bertz CT molecular complexity index is 1280. The maximum absolute atomic E-state index is 13.0. The second-order valence-corrected chi connectivity index (χ2v) is 10.2. The largest absolute Gasteiger partial charge is 0.493 e. The van der Waals surface area contributed by atoms with Gasteiger partial charge in [-0.15, -0.1) is 0 Å². The van der Waals surface area contributed by atoms with Gasteiger partial charge in [0, 0.05) is 25.8 Å². The van der Waals surface area contributed by atoms with Crippen molar-refractivity contribution in [1.29, 1.82) is 0 Å². The molecule has 0 spiro atoms. The molecular weight excluding hydrogens is 536 g/mol. The van der Waals surface area contributed by atoms with Crippen molar-refractivity contribution >= 4 is 17.8 Å². The average Bonchev–Trinajstić information content (AvgIpc) is 3.03. The third kappa shape index (κ3) is 10.6. The van der Waals surface area contributed by atoms with Crippen LogP contribution in [0.1, 0.15) is 54.7 Å². The van der Waals surface area contributed by atoms with Crippen molar-refractivity contribution in [2.24, 2.45) is 5.92 Å². The lowest BCUT2D eigenvalue weighted by Crippen LogP contribution is -2.45. The van der Waals surface area contributed by atoms with Crippen LogP contribution in [0.3, 0.4) is 0 Å². The zero-order valence-corrected chi connectivity index (χ0v) is 24.7. The molecule has 0 bridgehead atoms. The first-order valence-electron chi connectivity index (χ1n) is 14.1. The van der Waals surface area contributed by atoms with E-state index < -0.39 is 23.9 Å². The summed E-state index contributed by atoms with van der Waals surface area (Å²) in [4.78, 5) is 41.2. The number of hydrogen-bond acceptors (Lipinski definition) is 8. The molecule has 0 aliphatic carbocycles. The van der Waals surface area contributed by atoms with E-state index >= 15 is 0 Å². The summed E-state index contributed by atoms with van der Waals surface area (Å²) in [6, 6.07) is 21.0. The summed E-state index contributed by atoms with van der Waals surface area (Å²) in [5.74, 6) is -1.66. The van der Waals surface area contributed by atoms with E-state index in [1.165, 1.54) is 37.4 Å². The number of nitrogens with zero attached hydrogens (tertiary/aromatic N) is 1. The number of carbonyl (C=O) groups is 3. The van der Waals surface area contributed by atoms with E-state index in [2.05, 4.69) is 41.5 Å². The predicted molar refractivity (Wildman–Crippen MR) is 158 cm³/mol. The summed E-state index contributed by atoms with van der Waals surface area (Å²) in [5.41, 5.74) is 2.43. The van der Waals surface area contributed by atoms with E-state index in [1.54, 1.807) is 0 Å². The first kappa shape index (κ1) is 32.3. The Morgan fingerprint density at radius 1 is 1.02 bits per heavy atom. The first-order chi connectivity index (χ1) is 20.3. The van der Waals surface area contributed by atoms with Gasteiger partial charge < -0.3 is 24.3 Å². The van der Waals surface area contributed by atoms with Crippen molar-refractivity contribution in [2.45, 2.75) is 58.6 Å². The maximum atomic E-state index is 13.0. The molecule has 4 rings (SSSR count). The molecule has 3 aromatic rings. The molecule has 1 amide bonds. The van der Waals surface area contributed by atoms with E-state index in [1.807, 2.05) is 43.3 Å². The van der Waals surface area contributed by atoms with Crippen LogP contribution >= 0.6 is 0 Å². The Hall–Kier alpha value is -4.24. The van der Waals surface area contributed by atoms with Gasteiger partial charge >= 0.3 is 11.9 Å². The monoisotopic (exact) mass is 576 g/mol. The van der Waals surface area contributed by atoms with Gasteiger partial charge in [0.25, 0.3) is 5.91 Å². The van der Waals surface area contributed by atoms with Crippen molar-refractivity contribution in [2.75, 3.05) is 20.3 Å². The smallest absolute Gasteiger partial charge is 0.331 e. The van der Waals surface area contributed by atoms with Gasteiger partial charge in [0.1, 0.15) is 0 Å². The van der Waals surface area contributed by atoms with Gasteiger partial charge in [-0.05, 0) is 51.0 Å². The summed E-state index contributed by atoms with van der Waals surface area (Å²) in [7, 11) is 1.38. The molecular formula is C33H40N2O7. The van der Waals surface area contributed by atoms with Gasteiger partial charge in [-0.3, -0.25) is 9.59 Å². The molecule has 1 aliphatic rings. The number of rotatable bonds is 8. The summed E-state index contributed by atoms with van der Waals surface area (Å²) >= 11 is 0. The van der Waals surface area contributed by atoms with Crippen molar-refractivity contribution < 1.29 is 33.3 Å². The highest BCUT2D eigenvalue weighted by molar-refractivity contribution is 5.98. The van der Waals surface area contributed by atoms with Crippen LogP contribution in [0.5, 0.6) is 11.5 Å². The Kier molecular flexibility index (Phi) is 13.0. The topological polar surface area (TPSA) is 113 Å². The molecule has 1 aromatic heterocycles. The highest BCUT2D eigenvalue weighted by Gasteiger charge is 2.30. The van der Waals surface area contributed by atoms with Crippen molar-refractivity contribution in [3.63, 3.8) is 0 Å². The van der Waals surface area contributed by atoms with E-state index in [9.17, 15) is 14.4 Å². The maximum Gasteiger partial charge on any atom is 0.331 e. The molecule has 9 nitrogen and oxygen atoms in total. The van der Waals surface area contributed by atoms with Crippen LogP contribution in [0.25, 0.3) is 0 Å². The molecule has 2 aromatic carbocycles. The fourth-order valence-electron chi connectivity index (χ4n) is 4.58. The zero-order valence-electron chi connectivity index (χ0n) is 24.7. The van der Waals surface area contributed by atoms with Crippen molar-refractivity contribution in [3.8, 4) is 11.5 Å². The lowest BCUT2D eigenvalue weighted by Gasteiger charge is -2.20. The van der Waals surface area contributed by atoms with Crippen LogP contribution < -0.4 is 14.8 Å². The van der Waals surface area contributed by atoms with E-state index in [0.29, 0.717) is 13.0 Å². The predicted octanol–water partition coefficient (Wildman–Crippen LogP) is 5.10. The van der Waals surface area contributed by atoms with Crippen LogP contribution in [0.15, 0.2) is 72.9 Å². The molecule has 42 heavy (non-hydrogen) atoms. The number of ether oxygens (including phenoxy) is 4. The number of nitrogens with one attached hydrogen (secondary N) is 1. The molecule has 1 saturated heterocycles. The lowest BCUT2D eigenvalue weighted by atomic mass is 9.95. The fraction of sp³-hybridized carbons (Fsp3) is 0.394. The summed E-state index contributed by atoms with van der Waals surface area (Å²) in [5, 5.41) is 2.60. The Morgan fingerprint density at radius 3 is 2.33 bits per heavy atom. The summed E-state index contributed by atoms with van der Waals surface area (Å²) < 4.78 is 21.7. The number of carbonyl (C=O) groups excluding carboxylic acids is 3. The second kappa shape index (κ2) is 16.9. The standard InChI is InChI=1S/C26H32N2O7.C7H8/c1-17-14-20(11-7-10-19-8-5-4-6-9-19)15-33-16-21(26(31)34-17)28-25(30)23-24(35-18(2)29)22(32-3)12-13-27-23;1-7-5-3-2-4-6-7/h4-6,8-9,12-13,17,20-21H,7,10-11,14-16H2,1-3H3,(H,28,30);2-6H,1H3/t17?,20?,21-;/m0./s1. The number of esters is 2. The van der Waals surface area contributed by atoms with Crippen LogP contribution in [0.4, 0.5) is 0 Å². The number of aryl methyl sites for hydroxylation is 2. The van der Waals surface area contributed by atoms with Gasteiger partial charge in [-0.25, -0.2) is 9.78 Å². The minimum absolute atomic E-state index is 0.0423. The van der Waals surface area contributed by atoms with Crippen molar-refractivity contribution in [1.82, 2.24) is 10.3 Å². The van der Waals surface area contributed by atoms with Gasteiger partial charge in [0.2, 0.25) is 5.75 Å². The quantitative estimate of drug-likeness (QED) is 0.369. The molecule has 1 aliphatic heterocycles. The Labute approximate surface area is 247 Å². The number of amides is 1. The highest BCUT2D eigenvalue weighted by atomic mass is 16.6. The van der Waals surface area contributed by atoms with Crippen molar-refractivity contribution in [3.05, 3.63) is 89.7 Å². The molecule has 224 valence electrons. The summed E-state index contributed by atoms with van der Waals surface area (Å²) in [6.07, 6.45) is 4.61. The normalized spacial score (nSPS) is 18.6. The first-order valence-corrected chi connectivity index (χ1v) is 14.1. The molecule has 0 radical (unpaired) electrons. The lowest BCUT2D eigenvalue weighted by molar-refractivity contribution is -0.151. The van der Waals surface area contributed by atoms with E-state index in [0.717, 1.165) is 19.3 Å². The molecule has 3 atom stereocenters. The molecule has 0 saturated carbocycles. The second-order valence-electron chi connectivity index (χ2n) is 10.2. The Morgan fingerprint density at radius 2 is 1.71 bits per heavy atom. The van der Waals surface area contributed by atoms with Gasteiger partial charge in [0.05, 0.1) is 19.8 Å². The fourth-order valence-corrected chi connectivity index (χ4v) is 4.58. The number of benzene rings is 2. The third-order valence-electron chi connectivity index (χ3n) is 6.62. The van der Waals surface area contributed by atoms with E-state index in [-0.39, 0.29) is 35.8 Å². The molecule has 1 N–H and O–H groups in total. The number of hydrogen-bond donors (Lipinski definition) is 1. The highest BCUT2D eigenvalue weighted by Crippen LogP contribution is 2.30. The van der Waals surface area contributed by atoms with Crippen LogP contribution in [-0.2, 0) is 25.5 Å². The van der Waals surface area contributed by atoms with Gasteiger partial charge in [0.15, 0.2) is 17.5 Å². The molecule has 1 fully saturated rings. The zero-order chi connectivity index (χ0) is 30.3. The molecule has 2 unspecified atom stereocenters. The van der Waals surface area contributed by atoms with E-state index in [4.69, 9.17) is 18.9 Å². The number of cyclic esters (lactones) is 1. The third-order valence-corrected chi connectivity index (χ3v) is 6.62. The minimum Gasteiger partial charge on any atom is -0.493 e. The van der Waals surface area contributed by atoms with Gasteiger partial charge in [-0.2, -0.15) is 0 Å². The van der Waals surface area contributed by atoms with Crippen LogP contribution in [0.2, 0.25) is 0 Å². The summed E-state index contributed by atoms with van der Waals surface area (Å²) in [6.45, 7) is 5.54.